The maximum Gasteiger partial charge on any atom is 0.163 e. The normalized spacial score (nSPS) is 29.6. The summed E-state index contributed by atoms with van der Waals surface area (Å²) < 4.78 is 0. The lowest BCUT2D eigenvalue weighted by Crippen LogP contribution is -2.30. The van der Waals surface area contributed by atoms with Gasteiger partial charge in [0.25, 0.3) is 0 Å². The van der Waals surface area contributed by atoms with Crippen LogP contribution in [0.25, 0.3) is 0 Å². The minimum absolute atomic E-state index is 0.343. The Balaban J connectivity index is 2.05. The average molecular weight is 235 g/mol. The van der Waals surface area contributed by atoms with Crippen LogP contribution in [-0.2, 0) is 4.79 Å². The maximum absolute atomic E-state index is 12.5. The topological polar surface area (TPSA) is 20.3 Å². The summed E-state index contributed by atoms with van der Waals surface area (Å²) >= 11 is 0. The van der Waals surface area contributed by atoms with E-state index in [1.807, 2.05) is 25.2 Å². The van der Waals surface area contributed by atoms with Crippen LogP contribution in [0.5, 0.6) is 0 Å². The predicted molar refractivity (Wildman–Crippen MR) is 70.7 cm³/mol. The van der Waals surface area contributed by atoms with Gasteiger partial charge < -0.3 is 4.90 Å². The summed E-state index contributed by atoms with van der Waals surface area (Å²) in [5.41, 5.74) is 1.07. The number of rotatable bonds is 2. The van der Waals surface area contributed by atoms with Crippen molar-refractivity contribution in [1.82, 2.24) is 4.90 Å². The van der Waals surface area contributed by atoms with E-state index in [0.717, 1.165) is 18.4 Å². The quantitative estimate of drug-likeness (QED) is 0.684. The van der Waals surface area contributed by atoms with Gasteiger partial charge >= 0.3 is 0 Å². The van der Waals surface area contributed by atoms with Crippen LogP contribution in [0.3, 0.4) is 0 Å². The second-order valence-electron chi connectivity index (χ2n) is 5.88. The van der Waals surface area contributed by atoms with E-state index in [9.17, 15) is 4.79 Å². The van der Waals surface area contributed by atoms with Gasteiger partial charge in [0, 0.05) is 31.8 Å². The summed E-state index contributed by atoms with van der Waals surface area (Å²) in [6.07, 6.45) is 12.0. The average Bonchev–Trinajstić information content (AvgIpc) is 2.32. The first-order valence-electron chi connectivity index (χ1n) is 7.10. The fourth-order valence-corrected chi connectivity index (χ4v) is 3.43. The molecule has 0 saturated heterocycles. The standard InChI is InChI=1S/C15H25NO/c1-16(2)11-13-9-6-10-14(15(13)17)12-7-4-3-5-8-12/h11-12,14H,3-10H2,1-2H3. The van der Waals surface area contributed by atoms with Crippen molar-refractivity contribution in [2.75, 3.05) is 14.1 Å². The van der Waals surface area contributed by atoms with E-state index in [2.05, 4.69) is 0 Å². The molecule has 2 aliphatic rings. The fourth-order valence-electron chi connectivity index (χ4n) is 3.43. The van der Waals surface area contributed by atoms with Gasteiger partial charge in [0.1, 0.15) is 0 Å². The molecule has 0 aromatic rings. The van der Waals surface area contributed by atoms with Gasteiger partial charge in [-0.2, -0.15) is 0 Å². The molecule has 2 fully saturated rings. The zero-order chi connectivity index (χ0) is 12.3. The molecule has 1 unspecified atom stereocenters. The van der Waals surface area contributed by atoms with Crippen LogP contribution < -0.4 is 0 Å². The number of hydrogen-bond acceptors (Lipinski definition) is 2. The van der Waals surface area contributed by atoms with Crippen molar-refractivity contribution in [1.29, 1.82) is 0 Å². The van der Waals surface area contributed by atoms with Crippen molar-refractivity contribution in [3.05, 3.63) is 11.8 Å². The molecule has 0 aromatic carbocycles. The lowest BCUT2D eigenvalue weighted by Gasteiger charge is -2.33. The Morgan fingerprint density at radius 2 is 1.76 bits per heavy atom. The van der Waals surface area contributed by atoms with Crippen LogP contribution in [0, 0.1) is 11.8 Å². The first-order chi connectivity index (χ1) is 8.18. The second-order valence-corrected chi connectivity index (χ2v) is 5.88. The van der Waals surface area contributed by atoms with E-state index in [1.165, 1.54) is 38.5 Å². The number of nitrogens with zero attached hydrogens (tertiary/aromatic N) is 1. The molecule has 0 heterocycles. The summed E-state index contributed by atoms with van der Waals surface area (Å²) in [7, 11) is 4.01. The van der Waals surface area contributed by atoms with Crippen LogP contribution in [0.1, 0.15) is 51.4 Å². The molecule has 2 saturated carbocycles. The van der Waals surface area contributed by atoms with Gasteiger partial charge in [0.2, 0.25) is 0 Å². The van der Waals surface area contributed by atoms with E-state index in [-0.39, 0.29) is 0 Å². The zero-order valence-corrected chi connectivity index (χ0v) is 11.2. The number of ketones is 1. The molecule has 0 aromatic heterocycles. The number of carbonyl (C=O) groups is 1. The molecule has 96 valence electrons. The fraction of sp³-hybridized carbons (Fsp3) is 0.800. The van der Waals surface area contributed by atoms with Gasteiger partial charge in [0.15, 0.2) is 5.78 Å². The number of Topliss-reactive ketones (excluding diaryl/α,β-unsaturated/α-hetero) is 1. The lowest BCUT2D eigenvalue weighted by molar-refractivity contribution is -0.122. The molecule has 0 N–H and O–H groups in total. The van der Waals surface area contributed by atoms with Gasteiger partial charge in [-0.05, 0) is 38.0 Å². The molecule has 0 aliphatic heterocycles. The first kappa shape index (κ1) is 12.7. The summed E-state index contributed by atoms with van der Waals surface area (Å²) in [6.45, 7) is 0. The Kier molecular flexibility index (Phi) is 4.25. The van der Waals surface area contributed by atoms with Crippen LogP contribution in [-0.4, -0.2) is 24.8 Å². The molecular formula is C15H25NO. The Morgan fingerprint density at radius 3 is 2.41 bits per heavy atom. The number of allylic oxidation sites excluding steroid dienone is 1. The minimum atomic E-state index is 0.343. The largest absolute Gasteiger partial charge is 0.383 e. The molecule has 1 atom stereocenters. The van der Waals surface area contributed by atoms with E-state index < -0.39 is 0 Å². The third kappa shape index (κ3) is 3.11. The smallest absolute Gasteiger partial charge is 0.163 e. The summed E-state index contributed by atoms with van der Waals surface area (Å²) in [5, 5.41) is 0. The van der Waals surface area contributed by atoms with Gasteiger partial charge in [-0.1, -0.05) is 19.3 Å². The Labute approximate surface area is 105 Å². The Hall–Kier alpha value is -0.790. The third-order valence-corrected chi connectivity index (χ3v) is 4.25. The van der Waals surface area contributed by atoms with Crippen LogP contribution in [0.2, 0.25) is 0 Å². The van der Waals surface area contributed by atoms with Gasteiger partial charge in [-0.15, -0.1) is 0 Å². The zero-order valence-electron chi connectivity index (χ0n) is 11.2. The van der Waals surface area contributed by atoms with Crippen molar-refractivity contribution in [2.45, 2.75) is 51.4 Å². The molecule has 0 spiro atoms. The first-order valence-corrected chi connectivity index (χ1v) is 7.10. The Bertz CT molecular complexity index is 300. The molecule has 0 bridgehead atoms. The summed E-state index contributed by atoms with van der Waals surface area (Å²) in [5.74, 6) is 1.48. The SMILES string of the molecule is CN(C)C=C1CCCC(C2CCCCC2)C1=O. The van der Waals surface area contributed by atoms with Gasteiger partial charge in [0.05, 0.1) is 0 Å². The highest BCUT2D eigenvalue weighted by molar-refractivity contribution is 5.97. The molecule has 2 rings (SSSR count). The van der Waals surface area contributed by atoms with Crippen molar-refractivity contribution in [3.63, 3.8) is 0 Å². The van der Waals surface area contributed by atoms with Crippen molar-refractivity contribution >= 4 is 5.78 Å². The molecule has 0 radical (unpaired) electrons. The van der Waals surface area contributed by atoms with Crippen molar-refractivity contribution < 1.29 is 4.79 Å². The van der Waals surface area contributed by atoms with Gasteiger partial charge in [-0.3, -0.25) is 4.79 Å². The van der Waals surface area contributed by atoms with E-state index in [4.69, 9.17) is 0 Å². The van der Waals surface area contributed by atoms with Crippen LogP contribution in [0.15, 0.2) is 11.8 Å². The molecule has 2 aliphatic carbocycles. The van der Waals surface area contributed by atoms with Crippen LogP contribution >= 0.6 is 0 Å². The molecule has 2 heteroatoms. The number of hydrogen-bond donors (Lipinski definition) is 0. The highest BCUT2D eigenvalue weighted by Crippen LogP contribution is 2.37. The van der Waals surface area contributed by atoms with Crippen molar-refractivity contribution in [3.8, 4) is 0 Å². The highest BCUT2D eigenvalue weighted by atomic mass is 16.1. The van der Waals surface area contributed by atoms with E-state index in [0.29, 0.717) is 17.6 Å². The second kappa shape index (κ2) is 5.70. The summed E-state index contributed by atoms with van der Waals surface area (Å²) in [6, 6.07) is 0. The molecule has 2 nitrogen and oxygen atoms in total. The summed E-state index contributed by atoms with van der Waals surface area (Å²) in [4.78, 5) is 14.5. The highest BCUT2D eigenvalue weighted by Gasteiger charge is 2.33. The Morgan fingerprint density at radius 1 is 1.06 bits per heavy atom. The molecule has 17 heavy (non-hydrogen) atoms. The monoisotopic (exact) mass is 235 g/mol. The van der Waals surface area contributed by atoms with E-state index in [1.54, 1.807) is 0 Å². The van der Waals surface area contributed by atoms with E-state index >= 15 is 0 Å². The third-order valence-electron chi connectivity index (χ3n) is 4.25. The predicted octanol–water partition coefficient (Wildman–Crippen LogP) is 3.38. The van der Waals surface area contributed by atoms with Gasteiger partial charge in [-0.25, -0.2) is 0 Å². The van der Waals surface area contributed by atoms with Crippen LogP contribution in [0.4, 0.5) is 0 Å². The number of carbonyl (C=O) groups excluding carboxylic acids is 1. The molecular weight excluding hydrogens is 210 g/mol. The maximum atomic E-state index is 12.5. The molecule has 0 amide bonds. The minimum Gasteiger partial charge on any atom is -0.383 e. The lowest BCUT2D eigenvalue weighted by atomic mass is 9.71. The van der Waals surface area contributed by atoms with Crippen molar-refractivity contribution in [2.24, 2.45) is 11.8 Å².